The number of rotatable bonds is 3. The molecule has 0 fully saturated rings. The number of hydrogen-bond donors (Lipinski definition) is 0. The summed E-state index contributed by atoms with van der Waals surface area (Å²) in [6, 6.07) is 5.50. The molecule has 1 heterocycles. The van der Waals surface area contributed by atoms with E-state index in [1.165, 1.54) is 19.3 Å². The highest BCUT2D eigenvalue weighted by Gasteiger charge is 2.35. The second-order valence-corrected chi connectivity index (χ2v) is 5.74. The molecule has 0 spiro atoms. The Morgan fingerprint density at radius 3 is 2.43 bits per heavy atom. The molecular weight excluding hydrogens is 374 g/mol. The maximum absolute atomic E-state index is 13.0. The normalized spacial score (nSPS) is 12.0. The molecule has 0 N–H and O–H groups in total. The Morgan fingerprint density at radius 1 is 1.13 bits per heavy atom. The summed E-state index contributed by atoms with van der Waals surface area (Å²) in [5.41, 5.74) is -0.475. The van der Waals surface area contributed by atoms with Crippen molar-refractivity contribution in [2.75, 3.05) is 12.1 Å². The minimum atomic E-state index is -4.60. The fourth-order valence-corrected chi connectivity index (χ4v) is 2.32. The van der Waals surface area contributed by atoms with E-state index in [4.69, 9.17) is 34.8 Å². The Kier molecular flexibility index (Phi) is 5.39. The van der Waals surface area contributed by atoms with Gasteiger partial charge in [-0.3, -0.25) is 5.01 Å². The van der Waals surface area contributed by atoms with E-state index < -0.39 is 11.7 Å². The number of nitrogens with zero attached hydrogens (tertiary/aromatic N) is 3. The molecule has 9 heteroatoms. The van der Waals surface area contributed by atoms with Crippen molar-refractivity contribution in [3.63, 3.8) is 0 Å². The fraction of sp³-hybridized carbons (Fsp3) is 0.143. The fourth-order valence-electron chi connectivity index (χ4n) is 1.71. The predicted octanol–water partition coefficient (Wildman–Crippen LogP) is 5.53. The SMILES string of the molecule is CN(/N=C\c1ccc(Cl)cc1Cl)c1ncc(Cl)cc1C(F)(F)F. The van der Waals surface area contributed by atoms with Crippen LogP contribution < -0.4 is 5.01 Å². The summed E-state index contributed by atoms with van der Waals surface area (Å²) >= 11 is 17.3. The van der Waals surface area contributed by atoms with Crippen molar-refractivity contribution < 1.29 is 13.2 Å². The van der Waals surface area contributed by atoms with Gasteiger partial charge >= 0.3 is 6.18 Å². The van der Waals surface area contributed by atoms with Crippen LogP contribution in [0.15, 0.2) is 35.6 Å². The predicted molar refractivity (Wildman–Crippen MR) is 86.7 cm³/mol. The van der Waals surface area contributed by atoms with Crippen molar-refractivity contribution in [3.05, 3.63) is 56.7 Å². The average Bonchev–Trinajstić information content (AvgIpc) is 2.45. The minimum Gasteiger partial charge on any atom is -0.251 e. The van der Waals surface area contributed by atoms with Gasteiger partial charge in [-0.05, 0) is 18.2 Å². The second kappa shape index (κ2) is 6.95. The van der Waals surface area contributed by atoms with Crippen molar-refractivity contribution in [3.8, 4) is 0 Å². The van der Waals surface area contributed by atoms with E-state index in [-0.39, 0.29) is 10.8 Å². The van der Waals surface area contributed by atoms with Crippen LogP contribution in [0, 0.1) is 0 Å². The summed E-state index contributed by atoms with van der Waals surface area (Å²) in [5.74, 6) is -0.372. The lowest BCUT2D eigenvalue weighted by Crippen LogP contribution is -2.18. The second-order valence-electron chi connectivity index (χ2n) is 4.46. The van der Waals surface area contributed by atoms with E-state index in [1.807, 2.05) is 0 Å². The Bertz CT molecular complexity index is 748. The molecule has 0 unspecified atom stereocenters. The van der Waals surface area contributed by atoms with E-state index in [0.717, 1.165) is 17.3 Å². The van der Waals surface area contributed by atoms with Crippen LogP contribution in [0.3, 0.4) is 0 Å². The van der Waals surface area contributed by atoms with E-state index in [2.05, 4.69) is 10.1 Å². The number of pyridine rings is 1. The monoisotopic (exact) mass is 381 g/mol. The first-order chi connectivity index (χ1) is 10.7. The maximum atomic E-state index is 13.0. The molecule has 1 aromatic carbocycles. The molecule has 3 nitrogen and oxygen atoms in total. The topological polar surface area (TPSA) is 28.5 Å². The Labute approximate surface area is 145 Å². The average molecular weight is 383 g/mol. The van der Waals surface area contributed by atoms with Gasteiger partial charge in [0.05, 0.1) is 16.3 Å². The first kappa shape index (κ1) is 17.8. The highest BCUT2D eigenvalue weighted by atomic mass is 35.5. The van der Waals surface area contributed by atoms with Crippen molar-refractivity contribution in [2.45, 2.75) is 6.18 Å². The molecule has 2 aromatic rings. The summed E-state index contributed by atoms with van der Waals surface area (Å²) in [5, 5.41) is 5.58. The number of alkyl halides is 3. The summed E-state index contributed by atoms with van der Waals surface area (Å²) < 4.78 is 39.1. The highest BCUT2D eigenvalue weighted by Crippen LogP contribution is 2.36. The third-order valence-electron chi connectivity index (χ3n) is 2.78. The van der Waals surface area contributed by atoms with E-state index >= 15 is 0 Å². The minimum absolute atomic E-state index is 0.112. The van der Waals surface area contributed by atoms with E-state index in [1.54, 1.807) is 12.1 Å². The van der Waals surface area contributed by atoms with Gasteiger partial charge in [0.2, 0.25) is 0 Å². The molecule has 122 valence electrons. The van der Waals surface area contributed by atoms with Crippen LogP contribution in [-0.2, 0) is 6.18 Å². The number of anilines is 1. The number of hydrogen-bond acceptors (Lipinski definition) is 3. The summed E-state index contributed by atoms with van der Waals surface area (Å²) in [6.07, 6.45) is -2.17. The van der Waals surface area contributed by atoms with Crippen LogP contribution in [-0.4, -0.2) is 18.2 Å². The van der Waals surface area contributed by atoms with Crippen LogP contribution in [0.2, 0.25) is 15.1 Å². The molecular formula is C14H9Cl3F3N3. The van der Waals surface area contributed by atoms with Crippen LogP contribution in [0.1, 0.15) is 11.1 Å². The molecule has 23 heavy (non-hydrogen) atoms. The Balaban J connectivity index is 2.34. The number of aromatic nitrogens is 1. The van der Waals surface area contributed by atoms with Gasteiger partial charge in [-0.15, -0.1) is 0 Å². The molecule has 0 amide bonds. The van der Waals surface area contributed by atoms with Crippen LogP contribution in [0.5, 0.6) is 0 Å². The van der Waals surface area contributed by atoms with Gasteiger partial charge in [0, 0.05) is 23.8 Å². The van der Waals surface area contributed by atoms with Gasteiger partial charge < -0.3 is 0 Å². The van der Waals surface area contributed by atoms with E-state index in [0.29, 0.717) is 15.6 Å². The third kappa shape index (κ3) is 4.50. The van der Waals surface area contributed by atoms with Gasteiger partial charge in [0.25, 0.3) is 0 Å². The van der Waals surface area contributed by atoms with E-state index in [9.17, 15) is 13.2 Å². The van der Waals surface area contributed by atoms with Crippen molar-refractivity contribution in [2.24, 2.45) is 5.10 Å². The van der Waals surface area contributed by atoms with Crippen molar-refractivity contribution in [1.82, 2.24) is 4.98 Å². The molecule has 0 atom stereocenters. The standard InChI is InChI=1S/C14H9Cl3F3N3/c1-23(22-6-8-2-3-9(15)5-12(8)17)13-11(14(18,19)20)4-10(16)7-21-13/h2-7H,1H3/b22-6-. The summed E-state index contributed by atoms with van der Waals surface area (Å²) in [6.45, 7) is 0. The first-order valence-corrected chi connectivity index (χ1v) is 7.27. The van der Waals surface area contributed by atoms with Crippen molar-refractivity contribution in [1.29, 1.82) is 0 Å². The molecule has 0 saturated carbocycles. The number of benzene rings is 1. The molecule has 0 aliphatic rings. The van der Waals surface area contributed by atoms with Gasteiger partial charge in [-0.25, -0.2) is 4.98 Å². The zero-order valence-corrected chi connectivity index (χ0v) is 13.8. The van der Waals surface area contributed by atoms with Gasteiger partial charge in [0.1, 0.15) is 5.56 Å². The van der Waals surface area contributed by atoms with Crippen LogP contribution in [0.4, 0.5) is 19.0 Å². The van der Waals surface area contributed by atoms with Gasteiger partial charge in [0.15, 0.2) is 5.82 Å². The van der Waals surface area contributed by atoms with Crippen LogP contribution in [0.25, 0.3) is 0 Å². The quantitative estimate of drug-likeness (QED) is 0.516. The Morgan fingerprint density at radius 2 is 1.83 bits per heavy atom. The molecule has 0 aliphatic carbocycles. The highest BCUT2D eigenvalue weighted by molar-refractivity contribution is 6.36. The molecule has 0 bridgehead atoms. The molecule has 2 rings (SSSR count). The molecule has 1 aromatic heterocycles. The van der Waals surface area contributed by atoms with Gasteiger partial charge in [-0.1, -0.05) is 40.9 Å². The lowest BCUT2D eigenvalue weighted by Gasteiger charge is -2.18. The first-order valence-electron chi connectivity index (χ1n) is 6.14. The lowest BCUT2D eigenvalue weighted by atomic mass is 10.2. The molecule has 0 radical (unpaired) electrons. The molecule has 0 saturated heterocycles. The zero-order chi connectivity index (χ0) is 17.2. The Hall–Kier alpha value is -1.50. The summed E-state index contributed by atoms with van der Waals surface area (Å²) in [4.78, 5) is 3.70. The van der Waals surface area contributed by atoms with Crippen LogP contribution >= 0.6 is 34.8 Å². The zero-order valence-electron chi connectivity index (χ0n) is 11.6. The number of hydrazone groups is 1. The number of halogens is 6. The lowest BCUT2D eigenvalue weighted by molar-refractivity contribution is -0.137. The molecule has 0 aliphatic heterocycles. The summed E-state index contributed by atoms with van der Waals surface area (Å²) in [7, 11) is 1.34. The van der Waals surface area contributed by atoms with Crippen molar-refractivity contribution >= 4 is 46.8 Å². The largest absolute Gasteiger partial charge is 0.420 e. The smallest absolute Gasteiger partial charge is 0.251 e. The van der Waals surface area contributed by atoms with Gasteiger partial charge in [-0.2, -0.15) is 18.3 Å². The third-order valence-corrected chi connectivity index (χ3v) is 3.55. The maximum Gasteiger partial charge on any atom is 0.420 e.